The third-order valence-corrected chi connectivity index (χ3v) is 8.33. The van der Waals surface area contributed by atoms with Crippen molar-refractivity contribution >= 4 is 61.3 Å². The highest BCUT2D eigenvalue weighted by Crippen LogP contribution is 2.28. The van der Waals surface area contributed by atoms with Gasteiger partial charge in [-0.2, -0.15) is 0 Å². The minimum atomic E-state index is -4.05. The first-order chi connectivity index (χ1) is 16.2. The molecular weight excluding hydrogens is 500 g/mol. The average molecular weight is 517 g/mol. The molecule has 10 nitrogen and oxygen atoms in total. The molecular formula is C21H17ClN6O4S2. The number of carbonyl (C=O) groups is 1. The number of anilines is 2. The number of hydrogen-bond acceptors (Lipinski definition) is 8. The number of aryl methyl sites for hydroxylation is 1. The quantitative estimate of drug-likeness (QED) is 0.378. The molecule has 1 aliphatic rings. The Labute approximate surface area is 202 Å². The number of carbonyl (C=O) groups excluding carboxylic acids is 1. The van der Waals surface area contributed by atoms with Gasteiger partial charge in [0, 0.05) is 17.8 Å². The topological polar surface area (TPSA) is 135 Å². The predicted octanol–water partition coefficient (Wildman–Crippen LogP) is 3.28. The van der Waals surface area contributed by atoms with Crippen molar-refractivity contribution in [1.82, 2.24) is 19.3 Å². The lowest BCUT2D eigenvalue weighted by Crippen LogP contribution is -2.34. The lowest BCUT2D eigenvalue weighted by molar-refractivity contribution is 0.256. The molecule has 1 aliphatic heterocycles. The Balaban J connectivity index is 1.39. The molecule has 0 spiro atoms. The Morgan fingerprint density at radius 1 is 1.21 bits per heavy atom. The highest BCUT2D eigenvalue weighted by molar-refractivity contribution is 7.92. The van der Waals surface area contributed by atoms with E-state index in [4.69, 9.17) is 11.6 Å². The average Bonchev–Trinajstić information content (AvgIpc) is 3.44. The van der Waals surface area contributed by atoms with Crippen LogP contribution < -0.4 is 20.9 Å². The Bertz CT molecular complexity index is 1610. The number of halogens is 1. The van der Waals surface area contributed by atoms with Crippen LogP contribution in [0.5, 0.6) is 0 Å². The fraction of sp³-hybridized carbons (Fsp3) is 0.143. The third-order valence-electron chi connectivity index (χ3n) is 5.28. The lowest BCUT2D eigenvalue weighted by atomic mass is 10.1. The van der Waals surface area contributed by atoms with Gasteiger partial charge < -0.3 is 10.6 Å². The summed E-state index contributed by atoms with van der Waals surface area (Å²) in [6.45, 7) is 2.54. The summed E-state index contributed by atoms with van der Waals surface area (Å²) < 4.78 is 28.0. The Hall–Kier alpha value is -3.48. The molecule has 0 atom stereocenters. The van der Waals surface area contributed by atoms with Gasteiger partial charge in [0.1, 0.15) is 15.9 Å². The van der Waals surface area contributed by atoms with Crippen molar-refractivity contribution in [1.29, 1.82) is 0 Å². The SMILES string of the molecule is Cc1nc2c3c(ccc2c(=O)n1-c1ccc(NC(=O)NS(=O)(=O)c2ccc(Cl)s2)cn1)NCC3. The van der Waals surface area contributed by atoms with Gasteiger partial charge in [0.2, 0.25) is 0 Å². The maximum atomic E-state index is 13.2. The number of nitrogens with one attached hydrogen (secondary N) is 3. The highest BCUT2D eigenvalue weighted by Gasteiger charge is 2.21. The second-order valence-electron chi connectivity index (χ2n) is 7.49. The number of rotatable bonds is 4. The number of amides is 2. The van der Waals surface area contributed by atoms with Crippen LogP contribution in [0.25, 0.3) is 16.7 Å². The summed E-state index contributed by atoms with van der Waals surface area (Å²) in [5.74, 6) is 0.798. The Kier molecular flexibility index (Phi) is 5.50. The van der Waals surface area contributed by atoms with E-state index in [1.165, 1.54) is 29.0 Å². The van der Waals surface area contributed by atoms with Gasteiger partial charge in [0.05, 0.1) is 27.1 Å². The van der Waals surface area contributed by atoms with Gasteiger partial charge in [-0.1, -0.05) is 11.6 Å². The molecule has 1 aromatic carbocycles. The molecule has 0 fully saturated rings. The van der Waals surface area contributed by atoms with E-state index in [1.54, 1.807) is 19.1 Å². The van der Waals surface area contributed by atoms with Crippen molar-refractivity contribution < 1.29 is 13.2 Å². The van der Waals surface area contributed by atoms with Gasteiger partial charge in [-0.15, -0.1) is 11.3 Å². The van der Waals surface area contributed by atoms with Crippen LogP contribution in [0.1, 0.15) is 11.4 Å². The molecule has 5 rings (SSSR count). The summed E-state index contributed by atoms with van der Waals surface area (Å²) in [6.07, 6.45) is 2.13. The van der Waals surface area contributed by atoms with Gasteiger partial charge in [-0.3, -0.25) is 4.79 Å². The van der Waals surface area contributed by atoms with Crippen LogP contribution in [-0.4, -0.2) is 35.5 Å². The number of pyridine rings is 1. The van der Waals surface area contributed by atoms with Crippen molar-refractivity contribution in [2.75, 3.05) is 17.2 Å². The van der Waals surface area contributed by atoms with Gasteiger partial charge >= 0.3 is 6.03 Å². The van der Waals surface area contributed by atoms with Crippen LogP contribution in [0.2, 0.25) is 4.34 Å². The molecule has 3 aromatic heterocycles. The molecule has 0 saturated heterocycles. The van der Waals surface area contributed by atoms with Gasteiger partial charge in [-0.05, 0) is 49.7 Å². The number of urea groups is 1. The maximum absolute atomic E-state index is 13.2. The summed E-state index contributed by atoms with van der Waals surface area (Å²) in [6, 6.07) is 8.46. The zero-order chi connectivity index (χ0) is 24.0. The van der Waals surface area contributed by atoms with Crippen LogP contribution in [0.4, 0.5) is 16.2 Å². The van der Waals surface area contributed by atoms with E-state index in [9.17, 15) is 18.0 Å². The van der Waals surface area contributed by atoms with E-state index < -0.39 is 16.1 Å². The Morgan fingerprint density at radius 3 is 2.74 bits per heavy atom. The van der Waals surface area contributed by atoms with E-state index in [0.29, 0.717) is 22.5 Å². The van der Waals surface area contributed by atoms with E-state index >= 15 is 0 Å². The Morgan fingerprint density at radius 2 is 2.03 bits per heavy atom. The first-order valence-corrected chi connectivity index (χ1v) is 12.8. The molecule has 0 radical (unpaired) electrons. The van der Waals surface area contributed by atoms with E-state index in [-0.39, 0.29) is 19.8 Å². The van der Waals surface area contributed by atoms with Gasteiger partial charge in [0.25, 0.3) is 15.6 Å². The first kappa shape index (κ1) is 22.3. The van der Waals surface area contributed by atoms with Crippen molar-refractivity contribution in [3.05, 3.63) is 68.7 Å². The fourth-order valence-corrected chi connectivity index (χ4v) is 6.18. The van der Waals surface area contributed by atoms with E-state index in [1.807, 2.05) is 10.8 Å². The van der Waals surface area contributed by atoms with Crippen LogP contribution in [0.3, 0.4) is 0 Å². The molecule has 0 unspecified atom stereocenters. The molecule has 34 heavy (non-hydrogen) atoms. The largest absolute Gasteiger partial charge is 0.384 e. The molecule has 4 aromatic rings. The number of nitrogens with zero attached hydrogens (tertiary/aromatic N) is 3. The van der Waals surface area contributed by atoms with Crippen molar-refractivity contribution in [3.8, 4) is 5.82 Å². The summed E-state index contributed by atoms with van der Waals surface area (Å²) in [5.41, 5.74) is 2.70. The number of thiophene rings is 1. The van der Waals surface area contributed by atoms with E-state index in [0.717, 1.165) is 35.6 Å². The van der Waals surface area contributed by atoms with Crippen molar-refractivity contribution in [2.24, 2.45) is 0 Å². The number of fused-ring (bicyclic) bond motifs is 3. The van der Waals surface area contributed by atoms with Gasteiger partial charge in [0.15, 0.2) is 0 Å². The zero-order valence-electron chi connectivity index (χ0n) is 17.6. The molecule has 0 aliphatic carbocycles. The minimum absolute atomic E-state index is 0.0822. The normalized spacial score (nSPS) is 12.9. The second-order valence-corrected chi connectivity index (χ2v) is 11.1. The molecule has 2 amide bonds. The highest BCUT2D eigenvalue weighted by atomic mass is 35.5. The fourth-order valence-electron chi connectivity index (χ4n) is 3.79. The standard InChI is InChI=1S/C21H17ClN6O4S2/c1-11-25-19-13-8-9-23-15(13)4-3-14(19)20(29)28(11)17-6-2-12(10-24-17)26-21(30)27-34(31,32)18-7-5-16(22)33-18/h2-7,10,23H,8-9H2,1H3,(H2,26,27,30). The van der Waals surface area contributed by atoms with Crippen LogP contribution in [0.15, 0.2) is 51.6 Å². The summed E-state index contributed by atoms with van der Waals surface area (Å²) in [7, 11) is -4.05. The number of hydrogen-bond donors (Lipinski definition) is 3. The maximum Gasteiger partial charge on any atom is 0.333 e. The first-order valence-electron chi connectivity index (χ1n) is 10.1. The summed E-state index contributed by atoms with van der Waals surface area (Å²) in [4.78, 5) is 34.3. The molecule has 0 saturated carbocycles. The predicted molar refractivity (Wildman–Crippen MR) is 131 cm³/mol. The smallest absolute Gasteiger partial charge is 0.333 e. The number of aromatic nitrogens is 3. The zero-order valence-corrected chi connectivity index (χ0v) is 20.0. The number of benzene rings is 1. The van der Waals surface area contributed by atoms with E-state index in [2.05, 4.69) is 20.6 Å². The number of sulfonamides is 1. The van der Waals surface area contributed by atoms with Crippen LogP contribution in [0, 0.1) is 6.92 Å². The molecule has 4 heterocycles. The monoisotopic (exact) mass is 516 g/mol. The van der Waals surface area contributed by atoms with Crippen LogP contribution >= 0.6 is 22.9 Å². The minimum Gasteiger partial charge on any atom is -0.384 e. The summed E-state index contributed by atoms with van der Waals surface area (Å²) in [5, 5.41) is 6.19. The third kappa shape index (κ3) is 4.00. The molecule has 3 N–H and O–H groups in total. The molecule has 13 heteroatoms. The van der Waals surface area contributed by atoms with Crippen molar-refractivity contribution in [2.45, 2.75) is 17.6 Å². The van der Waals surface area contributed by atoms with Crippen molar-refractivity contribution in [3.63, 3.8) is 0 Å². The molecule has 174 valence electrons. The second kappa shape index (κ2) is 8.38. The van der Waals surface area contributed by atoms with Crippen LogP contribution in [-0.2, 0) is 16.4 Å². The molecule has 0 bridgehead atoms. The van der Waals surface area contributed by atoms with Gasteiger partial charge in [-0.25, -0.2) is 32.5 Å². The summed E-state index contributed by atoms with van der Waals surface area (Å²) >= 11 is 6.60. The lowest BCUT2D eigenvalue weighted by Gasteiger charge is -2.12.